The molecule has 3 nitrogen and oxygen atoms in total. The van der Waals surface area contributed by atoms with Crippen molar-refractivity contribution in [1.82, 2.24) is 4.90 Å². The van der Waals surface area contributed by atoms with E-state index in [0.29, 0.717) is 0 Å². The zero-order valence-electron chi connectivity index (χ0n) is 6.28. The number of hydrogen-bond acceptors (Lipinski definition) is 2. The SMILES string of the molecule is CC/C=C/N1C(=O)C=CC1=O. The van der Waals surface area contributed by atoms with Gasteiger partial charge in [-0.2, -0.15) is 0 Å². The third-order valence-corrected chi connectivity index (χ3v) is 1.33. The molecular weight excluding hydrogens is 142 g/mol. The second-order valence-electron chi connectivity index (χ2n) is 2.17. The molecule has 0 spiro atoms. The minimum Gasteiger partial charge on any atom is -0.269 e. The maximum atomic E-state index is 10.9. The van der Waals surface area contributed by atoms with Crippen LogP contribution in [0.5, 0.6) is 0 Å². The Hall–Kier alpha value is -1.38. The lowest BCUT2D eigenvalue weighted by Gasteiger charge is -2.05. The average molecular weight is 151 g/mol. The average Bonchev–Trinajstić information content (AvgIpc) is 2.29. The highest BCUT2D eigenvalue weighted by atomic mass is 16.2. The summed E-state index contributed by atoms with van der Waals surface area (Å²) in [5.74, 6) is -0.528. The predicted molar refractivity (Wildman–Crippen MR) is 40.4 cm³/mol. The van der Waals surface area contributed by atoms with E-state index in [4.69, 9.17) is 0 Å². The first-order valence-corrected chi connectivity index (χ1v) is 3.47. The lowest BCUT2D eigenvalue weighted by atomic mass is 10.4. The highest BCUT2D eigenvalue weighted by Gasteiger charge is 2.19. The Balaban J connectivity index is 2.66. The Morgan fingerprint density at radius 3 is 2.36 bits per heavy atom. The van der Waals surface area contributed by atoms with Crippen molar-refractivity contribution >= 4 is 11.8 Å². The number of nitrogens with zero attached hydrogens (tertiary/aromatic N) is 1. The summed E-state index contributed by atoms with van der Waals surface area (Å²) in [5, 5.41) is 0. The molecule has 2 amide bonds. The molecule has 0 radical (unpaired) electrons. The third kappa shape index (κ3) is 1.55. The van der Waals surface area contributed by atoms with Gasteiger partial charge in [0.1, 0.15) is 0 Å². The standard InChI is InChI=1S/C8H9NO2/c1-2-3-6-9-7(10)4-5-8(9)11/h3-6H,2H2,1H3/b6-3+. The minimum atomic E-state index is -0.264. The van der Waals surface area contributed by atoms with Crippen LogP contribution in [0.1, 0.15) is 13.3 Å². The molecule has 0 unspecified atom stereocenters. The first-order valence-electron chi connectivity index (χ1n) is 3.47. The fourth-order valence-electron chi connectivity index (χ4n) is 0.770. The van der Waals surface area contributed by atoms with Crippen LogP contribution in [0.3, 0.4) is 0 Å². The van der Waals surface area contributed by atoms with Gasteiger partial charge in [0, 0.05) is 18.4 Å². The predicted octanol–water partition coefficient (Wildman–Crippen LogP) is 0.835. The van der Waals surface area contributed by atoms with Gasteiger partial charge in [-0.3, -0.25) is 14.5 Å². The number of hydrogen-bond donors (Lipinski definition) is 0. The zero-order chi connectivity index (χ0) is 8.27. The van der Waals surface area contributed by atoms with Crippen LogP contribution < -0.4 is 0 Å². The monoisotopic (exact) mass is 151 g/mol. The van der Waals surface area contributed by atoms with Crippen LogP contribution in [0.15, 0.2) is 24.4 Å². The Morgan fingerprint density at radius 1 is 1.36 bits per heavy atom. The number of amides is 2. The van der Waals surface area contributed by atoms with Crippen molar-refractivity contribution in [2.24, 2.45) is 0 Å². The Kier molecular flexibility index (Phi) is 2.21. The summed E-state index contributed by atoms with van der Waals surface area (Å²) in [7, 11) is 0. The van der Waals surface area contributed by atoms with Gasteiger partial charge in [0.05, 0.1) is 0 Å². The van der Waals surface area contributed by atoms with Crippen LogP contribution in [0, 0.1) is 0 Å². The van der Waals surface area contributed by atoms with Crippen LogP contribution in [-0.2, 0) is 9.59 Å². The van der Waals surface area contributed by atoms with Crippen LogP contribution in [0.25, 0.3) is 0 Å². The van der Waals surface area contributed by atoms with Gasteiger partial charge in [0.15, 0.2) is 0 Å². The van der Waals surface area contributed by atoms with Gasteiger partial charge in [-0.05, 0) is 6.42 Å². The molecule has 0 aliphatic carbocycles. The number of carbonyl (C=O) groups is 2. The number of rotatable bonds is 2. The number of imide groups is 1. The highest BCUT2D eigenvalue weighted by molar-refractivity contribution is 6.13. The summed E-state index contributed by atoms with van der Waals surface area (Å²) in [5.41, 5.74) is 0. The maximum Gasteiger partial charge on any atom is 0.257 e. The number of carbonyl (C=O) groups excluding carboxylic acids is 2. The second kappa shape index (κ2) is 3.14. The van der Waals surface area contributed by atoms with Crippen LogP contribution >= 0.6 is 0 Å². The van der Waals surface area contributed by atoms with Crippen molar-refractivity contribution in [3.05, 3.63) is 24.4 Å². The lowest BCUT2D eigenvalue weighted by molar-refractivity contribution is -0.133. The molecule has 0 aromatic rings. The normalized spacial score (nSPS) is 17.4. The Morgan fingerprint density at radius 2 is 1.91 bits per heavy atom. The molecular formula is C8H9NO2. The molecule has 11 heavy (non-hydrogen) atoms. The summed E-state index contributed by atoms with van der Waals surface area (Å²) in [6.07, 6.45) is 6.62. The van der Waals surface area contributed by atoms with E-state index >= 15 is 0 Å². The highest BCUT2D eigenvalue weighted by Crippen LogP contribution is 2.03. The van der Waals surface area contributed by atoms with E-state index in [-0.39, 0.29) is 11.8 Å². The third-order valence-electron chi connectivity index (χ3n) is 1.33. The van der Waals surface area contributed by atoms with E-state index in [0.717, 1.165) is 11.3 Å². The molecule has 1 heterocycles. The van der Waals surface area contributed by atoms with Gasteiger partial charge in [0.2, 0.25) is 0 Å². The number of allylic oxidation sites excluding steroid dienone is 1. The molecule has 0 fully saturated rings. The Labute approximate surface area is 65.0 Å². The van der Waals surface area contributed by atoms with Crippen molar-refractivity contribution in [2.45, 2.75) is 13.3 Å². The topological polar surface area (TPSA) is 37.4 Å². The summed E-state index contributed by atoms with van der Waals surface area (Å²) >= 11 is 0. The fraction of sp³-hybridized carbons (Fsp3) is 0.250. The van der Waals surface area contributed by atoms with Crippen molar-refractivity contribution in [2.75, 3.05) is 0 Å². The van der Waals surface area contributed by atoms with Crippen LogP contribution in [0.4, 0.5) is 0 Å². The quantitative estimate of drug-likeness (QED) is 0.548. The van der Waals surface area contributed by atoms with Crippen molar-refractivity contribution in [3.8, 4) is 0 Å². The Bertz CT molecular complexity index is 222. The summed E-state index contributed by atoms with van der Waals surface area (Å²) in [6.45, 7) is 1.94. The molecule has 0 N–H and O–H groups in total. The van der Waals surface area contributed by atoms with Crippen molar-refractivity contribution in [1.29, 1.82) is 0 Å². The van der Waals surface area contributed by atoms with Crippen LogP contribution in [-0.4, -0.2) is 16.7 Å². The van der Waals surface area contributed by atoms with Gasteiger partial charge in [-0.1, -0.05) is 13.0 Å². The van der Waals surface area contributed by atoms with E-state index < -0.39 is 0 Å². The minimum absolute atomic E-state index is 0.264. The molecule has 0 saturated carbocycles. The zero-order valence-corrected chi connectivity index (χ0v) is 6.28. The molecule has 1 aliphatic heterocycles. The maximum absolute atomic E-state index is 10.9. The van der Waals surface area contributed by atoms with Gasteiger partial charge < -0.3 is 0 Å². The van der Waals surface area contributed by atoms with Gasteiger partial charge in [-0.25, -0.2) is 0 Å². The molecule has 0 aromatic carbocycles. The van der Waals surface area contributed by atoms with E-state index in [1.165, 1.54) is 18.4 Å². The molecule has 3 heteroatoms. The summed E-state index contributed by atoms with van der Waals surface area (Å²) in [6, 6.07) is 0. The van der Waals surface area contributed by atoms with Crippen molar-refractivity contribution in [3.63, 3.8) is 0 Å². The fourth-order valence-corrected chi connectivity index (χ4v) is 0.770. The summed E-state index contributed by atoms with van der Waals surface area (Å²) in [4.78, 5) is 22.8. The molecule has 0 aromatic heterocycles. The van der Waals surface area contributed by atoms with Crippen LogP contribution in [0.2, 0.25) is 0 Å². The van der Waals surface area contributed by atoms with E-state index in [1.807, 2.05) is 6.92 Å². The largest absolute Gasteiger partial charge is 0.269 e. The van der Waals surface area contributed by atoms with E-state index in [2.05, 4.69) is 0 Å². The second-order valence-corrected chi connectivity index (χ2v) is 2.17. The van der Waals surface area contributed by atoms with Gasteiger partial charge >= 0.3 is 0 Å². The van der Waals surface area contributed by atoms with E-state index in [9.17, 15) is 9.59 Å². The van der Waals surface area contributed by atoms with Crippen molar-refractivity contribution < 1.29 is 9.59 Å². The molecule has 0 saturated heterocycles. The molecule has 0 bridgehead atoms. The first-order chi connectivity index (χ1) is 5.25. The lowest BCUT2D eigenvalue weighted by Crippen LogP contribution is -2.23. The van der Waals surface area contributed by atoms with Gasteiger partial charge in [-0.15, -0.1) is 0 Å². The molecule has 1 aliphatic rings. The first kappa shape index (κ1) is 7.72. The summed E-state index contributed by atoms with van der Waals surface area (Å²) < 4.78 is 0. The molecule has 0 atom stereocenters. The van der Waals surface area contributed by atoms with Gasteiger partial charge in [0.25, 0.3) is 11.8 Å². The smallest absolute Gasteiger partial charge is 0.257 e. The van der Waals surface area contributed by atoms with E-state index in [1.54, 1.807) is 6.08 Å². The molecule has 1 rings (SSSR count). The molecule has 58 valence electrons.